The molecule has 3 heteroatoms. The monoisotopic (exact) mass is 194 g/mol. The predicted octanol–water partition coefficient (Wildman–Crippen LogP) is 2.37. The van der Waals surface area contributed by atoms with Crippen molar-refractivity contribution in [1.29, 1.82) is 0 Å². The molecule has 2 nitrogen and oxygen atoms in total. The van der Waals surface area contributed by atoms with Crippen molar-refractivity contribution in [2.75, 3.05) is 29.5 Å². The molecule has 1 aromatic rings. The quantitative estimate of drug-likeness (QED) is 0.691. The fourth-order valence-corrected chi connectivity index (χ4v) is 2.48. The first kappa shape index (κ1) is 8.75. The summed E-state index contributed by atoms with van der Waals surface area (Å²) in [5.74, 6) is 1.20. The van der Waals surface area contributed by atoms with Gasteiger partial charge in [0, 0.05) is 25.5 Å². The zero-order chi connectivity index (χ0) is 9.26. The fraction of sp³-hybridized carbons (Fsp3) is 0.400. The molecule has 0 saturated carbocycles. The van der Waals surface area contributed by atoms with Crippen molar-refractivity contribution < 1.29 is 0 Å². The van der Waals surface area contributed by atoms with Gasteiger partial charge in [0.1, 0.15) is 0 Å². The van der Waals surface area contributed by atoms with Crippen molar-refractivity contribution in [2.45, 2.75) is 6.42 Å². The summed E-state index contributed by atoms with van der Waals surface area (Å²) in [6.07, 6.45) is 1.19. The van der Waals surface area contributed by atoms with E-state index in [1.807, 2.05) is 19.0 Å². The predicted molar refractivity (Wildman–Crippen MR) is 60.6 cm³/mol. The normalized spacial score (nSPS) is 15.4. The Labute approximate surface area is 83.5 Å². The number of fused-ring (bicyclic) bond motifs is 1. The van der Waals surface area contributed by atoms with E-state index in [4.69, 9.17) is 0 Å². The summed E-state index contributed by atoms with van der Waals surface area (Å²) in [4.78, 5) is 0. The van der Waals surface area contributed by atoms with E-state index in [-0.39, 0.29) is 0 Å². The molecule has 0 saturated heterocycles. The molecular formula is C10H14N2S. The SMILES string of the molecule is CNc1ccc2c(c1)N(C)SCC2. The Morgan fingerprint density at radius 3 is 3.08 bits per heavy atom. The molecule has 13 heavy (non-hydrogen) atoms. The lowest BCUT2D eigenvalue weighted by molar-refractivity contribution is 1.10. The van der Waals surface area contributed by atoms with Crippen LogP contribution in [0.15, 0.2) is 18.2 Å². The van der Waals surface area contributed by atoms with Gasteiger partial charge < -0.3 is 9.62 Å². The topological polar surface area (TPSA) is 15.3 Å². The summed E-state index contributed by atoms with van der Waals surface area (Å²) in [5.41, 5.74) is 4.00. The van der Waals surface area contributed by atoms with Crippen LogP contribution in [0.1, 0.15) is 5.56 Å². The number of anilines is 2. The van der Waals surface area contributed by atoms with Gasteiger partial charge in [-0.05, 0) is 36.1 Å². The molecule has 1 aliphatic rings. The molecule has 0 bridgehead atoms. The molecule has 1 aliphatic heterocycles. The Hall–Kier alpha value is -0.830. The first-order valence-electron chi connectivity index (χ1n) is 4.48. The van der Waals surface area contributed by atoms with Crippen molar-refractivity contribution in [1.82, 2.24) is 0 Å². The maximum absolute atomic E-state index is 3.16. The third kappa shape index (κ3) is 1.61. The molecule has 1 aromatic carbocycles. The number of benzene rings is 1. The lowest BCUT2D eigenvalue weighted by atomic mass is 10.1. The van der Waals surface area contributed by atoms with Gasteiger partial charge in [-0.15, -0.1) is 0 Å². The molecular weight excluding hydrogens is 180 g/mol. The molecule has 1 heterocycles. The average molecular weight is 194 g/mol. The zero-order valence-electron chi connectivity index (χ0n) is 8.00. The van der Waals surface area contributed by atoms with Crippen molar-refractivity contribution in [2.24, 2.45) is 0 Å². The standard InChI is InChI=1S/C10H14N2S/c1-11-9-4-3-8-5-6-13-12(2)10(8)7-9/h3-4,7,11H,5-6H2,1-2H3. The number of nitrogens with zero attached hydrogens (tertiary/aromatic N) is 1. The van der Waals surface area contributed by atoms with Gasteiger partial charge in [-0.2, -0.15) is 0 Å². The summed E-state index contributed by atoms with van der Waals surface area (Å²) >= 11 is 1.89. The van der Waals surface area contributed by atoms with Crippen LogP contribution >= 0.6 is 11.9 Å². The van der Waals surface area contributed by atoms with Gasteiger partial charge in [-0.25, -0.2) is 0 Å². The Kier molecular flexibility index (Phi) is 2.36. The van der Waals surface area contributed by atoms with E-state index in [1.165, 1.54) is 29.1 Å². The van der Waals surface area contributed by atoms with E-state index in [2.05, 4.69) is 34.9 Å². The molecule has 0 spiro atoms. The molecule has 0 aliphatic carbocycles. The largest absolute Gasteiger partial charge is 0.388 e. The van der Waals surface area contributed by atoms with Crippen molar-refractivity contribution in [3.63, 3.8) is 0 Å². The molecule has 0 amide bonds. The number of nitrogens with one attached hydrogen (secondary N) is 1. The van der Waals surface area contributed by atoms with Crippen LogP contribution in [-0.2, 0) is 6.42 Å². The van der Waals surface area contributed by atoms with E-state index < -0.39 is 0 Å². The van der Waals surface area contributed by atoms with Gasteiger partial charge in [-0.1, -0.05) is 6.07 Å². The first-order chi connectivity index (χ1) is 6.31. The van der Waals surface area contributed by atoms with Crippen molar-refractivity contribution >= 4 is 23.3 Å². The van der Waals surface area contributed by atoms with Gasteiger partial charge in [0.05, 0.1) is 5.69 Å². The highest BCUT2D eigenvalue weighted by atomic mass is 32.2. The molecule has 0 atom stereocenters. The highest BCUT2D eigenvalue weighted by Gasteiger charge is 2.13. The smallest absolute Gasteiger partial charge is 0.0519 e. The summed E-state index contributed by atoms with van der Waals surface area (Å²) in [5, 5.41) is 3.16. The van der Waals surface area contributed by atoms with E-state index in [9.17, 15) is 0 Å². The summed E-state index contributed by atoms with van der Waals surface area (Å²) in [6.45, 7) is 0. The Morgan fingerprint density at radius 1 is 1.46 bits per heavy atom. The van der Waals surface area contributed by atoms with Gasteiger partial charge in [-0.3, -0.25) is 0 Å². The second-order valence-electron chi connectivity index (χ2n) is 3.17. The lowest BCUT2D eigenvalue weighted by Gasteiger charge is -2.26. The van der Waals surface area contributed by atoms with Crippen molar-refractivity contribution in [3.05, 3.63) is 23.8 Å². The highest BCUT2D eigenvalue weighted by Crippen LogP contribution is 2.33. The molecule has 0 radical (unpaired) electrons. The average Bonchev–Trinajstić information content (AvgIpc) is 2.18. The van der Waals surface area contributed by atoms with E-state index >= 15 is 0 Å². The van der Waals surface area contributed by atoms with E-state index in [1.54, 1.807) is 0 Å². The summed E-state index contributed by atoms with van der Waals surface area (Å²) in [7, 11) is 4.08. The number of aryl methyl sites for hydroxylation is 1. The minimum atomic E-state index is 1.19. The molecule has 2 rings (SSSR count). The minimum absolute atomic E-state index is 1.19. The van der Waals surface area contributed by atoms with E-state index in [0.717, 1.165) is 0 Å². The van der Waals surface area contributed by atoms with Gasteiger partial charge in [0.25, 0.3) is 0 Å². The third-order valence-electron chi connectivity index (χ3n) is 2.37. The van der Waals surface area contributed by atoms with Crippen LogP contribution in [0.5, 0.6) is 0 Å². The van der Waals surface area contributed by atoms with Crippen molar-refractivity contribution in [3.8, 4) is 0 Å². The summed E-state index contributed by atoms with van der Waals surface area (Å²) in [6, 6.07) is 6.57. The number of hydrogen-bond acceptors (Lipinski definition) is 3. The molecule has 0 unspecified atom stereocenters. The van der Waals surface area contributed by atoms with Crippen LogP contribution in [0, 0.1) is 0 Å². The third-order valence-corrected chi connectivity index (χ3v) is 3.34. The Morgan fingerprint density at radius 2 is 2.31 bits per heavy atom. The van der Waals surface area contributed by atoms with Crippen LogP contribution in [0.25, 0.3) is 0 Å². The maximum Gasteiger partial charge on any atom is 0.0519 e. The van der Waals surface area contributed by atoms with Crippen LogP contribution in [-0.4, -0.2) is 19.8 Å². The molecule has 0 aromatic heterocycles. The maximum atomic E-state index is 3.16. The molecule has 1 N–H and O–H groups in total. The lowest BCUT2D eigenvalue weighted by Crippen LogP contribution is -2.16. The molecule has 70 valence electrons. The first-order valence-corrected chi connectivity index (χ1v) is 5.43. The van der Waals surface area contributed by atoms with Crippen LogP contribution in [0.2, 0.25) is 0 Å². The zero-order valence-corrected chi connectivity index (χ0v) is 8.82. The van der Waals surface area contributed by atoms with Crippen LogP contribution in [0.4, 0.5) is 11.4 Å². The Balaban J connectivity index is 2.41. The van der Waals surface area contributed by atoms with Crippen LogP contribution < -0.4 is 9.62 Å². The van der Waals surface area contributed by atoms with Crippen LogP contribution in [0.3, 0.4) is 0 Å². The van der Waals surface area contributed by atoms with Gasteiger partial charge in [0.15, 0.2) is 0 Å². The number of rotatable bonds is 1. The second-order valence-corrected chi connectivity index (χ2v) is 4.39. The Bertz CT molecular complexity index is 312. The highest BCUT2D eigenvalue weighted by molar-refractivity contribution is 8.00. The second kappa shape index (κ2) is 3.50. The minimum Gasteiger partial charge on any atom is -0.388 e. The fourth-order valence-electron chi connectivity index (χ4n) is 1.59. The van der Waals surface area contributed by atoms with Gasteiger partial charge in [0.2, 0.25) is 0 Å². The van der Waals surface area contributed by atoms with E-state index in [0.29, 0.717) is 0 Å². The van der Waals surface area contributed by atoms with Gasteiger partial charge >= 0.3 is 0 Å². The summed E-state index contributed by atoms with van der Waals surface area (Å²) < 4.78 is 2.25. The molecule has 0 fully saturated rings. The number of hydrogen-bond donors (Lipinski definition) is 1.